The lowest BCUT2D eigenvalue weighted by Gasteiger charge is -2.33. The second-order valence-electron chi connectivity index (χ2n) is 5.64. The summed E-state index contributed by atoms with van der Waals surface area (Å²) in [5.74, 6) is 4.68. The lowest BCUT2D eigenvalue weighted by Crippen LogP contribution is -2.50. The number of aryl methyl sites for hydroxylation is 1. The quantitative estimate of drug-likeness (QED) is 0.338. The number of carboxylic acid groups (broad SMARTS) is 1. The van der Waals surface area contributed by atoms with Crippen molar-refractivity contribution in [2.45, 2.75) is 46.1 Å². The Morgan fingerprint density at radius 1 is 1.45 bits per heavy atom. The van der Waals surface area contributed by atoms with Gasteiger partial charge in [-0.15, -0.1) is 0 Å². The maximum Gasteiger partial charge on any atom is 0.355 e. The molecule has 6 nitrogen and oxygen atoms in total. The fraction of sp³-hybridized carbons (Fsp3) is 0.500. The van der Waals surface area contributed by atoms with E-state index < -0.39 is 11.5 Å². The fourth-order valence-corrected chi connectivity index (χ4v) is 1.71. The molecule has 0 atom stereocenters. The Labute approximate surface area is 119 Å². The minimum atomic E-state index is -1.15. The third-order valence-electron chi connectivity index (χ3n) is 2.88. The summed E-state index contributed by atoms with van der Waals surface area (Å²) < 4.78 is 0. The highest BCUT2D eigenvalue weighted by Gasteiger charge is 2.25. The third-order valence-corrected chi connectivity index (χ3v) is 2.88. The molecule has 0 aliphatic heterocycles. The molecule has 110 valence electrons. The standard InChI is InChI=1S/C14H22N4O2/c1-5-6-9-7-8-10(11(17-9)13(19)20)12(15)18(16)14(2,3)4/h7-8,15H,5-6,16H2,1-4H3,(H,19,20). The second-order valence-corrected chi connectivity index (χ2v) is 5.64. The highest BCUT2D eigenvalue weighted by molar-refractivity contribution is 6.04. The number of hydrogen-bond acceptors (Lipinski definition) is 4. The molecular formula is C14H22N4O2. The van der Waals surface area contributed by atoms with Crippen molar-refractivity contribution in [3.8, 4) is 0 Å². The Bertz CT molecular complexity index is 520. The number of pyridine rings is 1. The Morgan fingerprint density at radius 3 is 2.50 bits per heavy atom. The number of rotatable bonds is 4. The van der Waals surface area contributed by atoms with Crippen molar-refractivity contribution in [1.29, 1.82) is 5.41 Å². The van der Waals surface area contributed by atoms with E-state index in [0.717, 1.165) is 6.42 Å². The molecule has 0 saturated heterocycles. The van der Waals surface area contributed by atoms with Gasteiger partial charge in [0.05, 0.1) is 5.56 Å². The van der Waals surface area contributed by atoms with E-state index in [0.29, 0.717) is 12.1 Å². The molecule has 0 fully saturated rings. The van der Waals surface area contributed by atoms with Crippen LogP contribution in [0.4, 0.5) is 0 Å². The Hall–Kier alpha value is -1.95. The van der Waals surface area contributed by atoms with Gasteiger partial charge in [0.2, 0.25) is 0 Å². The van der Waals surface area contributed by atoms with Gasteiger partial charge in [-0.05, 0) is 39.3 Å². The molecule has 0 aliphatic carbocycles. The van der Waals surface area contributed by atoms with Gasteiger partial charge in [0.25, 0.3) is 0 Å². The van der Waals surface area contributed by atoms with E-state index in [2.05, 4.69) is 4.98 Å². The van der Waals surface area contributed by atoms with E-state index in [1.807, 2.05) is 27.7 Å². The number of hydrogen-bond donors (Lipinski definition) is 3. The SMILES string of the molecule is CCCc1ccc(C(=N)N(N)C(C)(C)C)c(C(=O)O)n1. The normalized spacial score (nSPS) is 11.2. The highest BCUT2D eigenvalue weighted by Crippen LogP contribution is 2.16. The van der Waals surface area contributed by atoms with Crippen molar-refractivity contribution in [3.63, 3.8) is 0 Å². The van der Waals surface area contributed by atoms with E-state index in [1.165, 1.54) is 5.01 Å². The monoisotopic (exact) mass is 278 g/mol. The maximum atomic E-state index is 11.3. The molecule has 0 spiro atoms. The van der Waals surface area contributed by atoms with Crippen LogP contribution in [0.3, 0.4) is 0 Å². The van der Waals surface area contributed by atoms with Crippen molar-refractivity contribution < 1.29 is 9.90 Å². The molecule has 1 aromatic rings. The van der Waals surface area contributed by atoms with Crippen LogP contribution in [-0.2, 0) is 6.42 Å². The van der Waals surface area contributed by atoms with Gasteiger partial charge in [0, 0.05) is 11.2 Å². The first-order valence-corrected chi connectivity index (χ1v) is 6.55. The molecule has 0 amide bonds. The molecule has 0 saturated carbocycles. The number of nitrogens with zero attached hydrogens (tertiary/aromatic N) is 2. The first kappa shape index (κ1) is 16.1. The molecule has 0 aromatic carbocycles. The second kappa shape index (κ2) is 6.00. The zero-order valence-electron chi connectivity index (χ0n) is 12.4. The number of hydrazine groups is 1. The molecular weight excluding hydrogens is 256 g/mol. The molecule has 0 aliphatic rings. The van der Waals surface area contributed by atoms with Gasteiger partial charge in [-0.25, -0.2) is 15.6 Å². The van der Waals surface area contributed by atoms with Gasteiger partial charge in [0.1, 0.15) is 5.84 Å². The van der Waals surface area contributed by atoms with Gasteiger partial charge in [-0.3, -0.25) is 10.4 Å². The minimum absolute atomic E-state index is 0.0505. The predicted octanol–water partition coefficient (Wildman–Crippen LogP) is 2.03. The van der Waals surface area contributed by atoms with Crippen LogP contribution in [0.1, 0.15) is 55.9 Å². The van der Waals surface area contributed by atoms with Gasteiger partial charge in [-0.1, -0.05) is 13.3 Å². The summed E-state index contributed by atoms with van der Waals surface area (Å²) in [6, 6.07) is 3.35. The van der Waals surface area contributed by atoms with Gasteiger partial charge in [0.15, 0.2) is 5.69 Å². The van der Waals surface area contributed by atoms with Crippen LogP contribution in [0.15, 0.2) is 12.1 Å². The fourth-order valence-electron chi connectivity index (χ4n) is 1.71. The van der Waals surface area contributed by atoms with Crippen molar-refractivity contribution in [2.24, 2.45) is 5.84 Å². The number of carbonyl (C=O) groups is 1. The summed E-state index contributed by atoms with van der Waals surface area (Å²) in [5.41, 5.74) is 0.339. The highest BCUT2D eigenvalue weighted by atomic mass is 16.4. The van der Waals surface area contributed by atoms with Crippen LogP contribution in [0.2, 0.25) is 0 Å². The number of carboxylic acids is 1. The van der Waals surface area contributed by atoms with Crippen molar-refractivity contribution >= 4 is 11.8 Å². The van der Waals surface area contributed by atoms with E-state index in [1.54, 1.807) is 12.1 Å². The summed E-state index contributed by atoms with van der Waals surface area (Å²) in [5, 5.41) is 18.6. The van der Waals surface area contributed by atoms with Crippen LogP contribution in [0.25, 0.3) is 0 Å². The van der Waals surface area contributed by atoms with E-state index in [9.17, 15) is 9.90 Å². The molecule has 6 heteroatoms. The van der Waals surface area contributed by atoms with Gasteiger partial charge >= 0.3 is 5.97 Å². The number of nitrogens with one attached hydrogen (secondary N) is 1. The lowest BCUT2D eigenvalue weighted by molar-refractivity contribution is 0.0689. The van der Waals surface area contributed by atoms with Gasteiger partial charge < -0.3 is 5.11 Å². The first-order valence-electron chi connectivity index (χ1n) is 6.55. The van der Waals surface area contributed by atoms with E-state index in [4.69, 9.17) is 11.3 Å². The Kier molecular flexibility index (Phi) is 4.83. The molecule has 0 unspecified atom stereocenters. The predicted molar refractivity (Wildman–Crippen MR) is 77.8 cm³/mol. The third kappa shape index (κ3) is 3.54. The summed E-state index contributed by atoms with van der Waals surface area (Å²) in [6.07, 6.45) is 1.59. The Balaban J connectivity index is 3.24. The van der Waals surface area contributed by atoms with Crippen LogP contribution < -0.4 is 5.84 Å². The summed E-state index contributed by atoms with van der Waals surface area (Å²) in [7, 11) is 0. The lowest BCUT2D eigenvalue weighted by atomic mass is 10.0. The number of amidine groups is 1. The smallest absolute Gasteiger partial charge is 0.355 e. The van der Waals surface area contributed by atoms with Crippen molar-refractivity contribution in [2.75, 3.05) is 0 Å². The zero-order valence-corrected chi connectivity index (χ0v) is 12.4. The number of aromatic nitrogens is 1. The topological polar surface area (TPSA) is 103 Å². The zero-order chi connectivity index (χ0) is 15.5. The molecule has 1 aromatic heterocycles. The number of nitrogens with two attached hydrogens (primary N) is 1. The molecule has 4 N–H and O–H groups in total. The maximum absolute atomic E-state index is 11.3. The summed E-state index contributed by atoms with van der Waals surface area (Å²) in [6.45, 7) is 7.54. The molecule has 0 bridgehead atoms. The molecule has 20 heavy (non-hydrogen) atoms. The van der Waals surface area contributed by atoms with Crippen molar-refractivity contribution in [3.05, 3.63) is 29.1 Å². The van der Waals surface area contributed by atoms with Crippen LogP contribution in [0.5, 0.6) is 0 Å². The number of aromatic carboxylic acids is 1. The average Bonchev–Trinajstić information content (AvgIpc) is 2.36. The van der Waals surface area contributed by atoms with Crippen LogP contribution >= 0.6 is 0 Å². The van der Waals surface area contributed by atoms with E-state index in [-0.39, 0.29) is 17.1 Å². The van der Waals surface area contributed by atoms with Gasteiger partial charge in [-0.2, -0.15) is 0 Å². The summed E-state index contributed by atoms with van der Waals surface area (Å²) in [4.78, 5) is 15.5. The molecule has 0 radical (unpaired) electrons. The first-order chi connectivity index (χ1) is 9.18. The largest absolute Gasteiger partial charge is 0.476 e. The van der Waals surface area contributed by atoms with Crippen molar-refractivity contribution in [1.82, 2.24) is 9.99 Å². The van der Waals surface area contributed by atoms with Crippen LogP contribution in [-0.4, -0.2) is 32.4 Å². The average molecular weight is 278 g/mol. The molecule has 1 heterocycles. The summed E-state index contributed by atoms with van der Waals surface area (Å²) >= 11 is 0. The minimum Gasteiger partial charge on any atom is -0.476 e. The molecule has 1 rings (SSSR count). The van der Waals surface area contributed by atoms with E-state index >= 15 is 0 Å². The van der Waals surface area contributed by atoms with Crippen LogP contribution in [0, 0.1) is 5.41 Å². The Morgan fingerprint density at radius 2 is 2.05 bits per heavy atom.